The largest absolute Gasteiger partial charge is 0.468 e. The molecule has 19 heavy (non-hydrogen) atoms. The van der Waals surface area contributed by atoms with E-state index < -0.39 is 5.54 Å². The molecule has 0 radical (unpaired) electrons. The number of methoxy groups -OCH3 is 1. The van der Waals surface area contributed by atoms with Crippen LogP contribution in [0.5, 0.6) is 0 Å². The van der Waals surface area contributed by atoms with E-state index in [0.717, 1.165) is 10.9 Å². The van der Waals surface area contributed by atoms with Crippen molar-refractivity contribution in [3.63, 3.8) is 0 Å². The Morgan fingerprint density at radius 3 is 2.89 bits per heavy atom. The Hall–Kier alpha value is -1.88. The van der Waals surface area contributed by atoms with E-state index in [2.05, 4.69) is 10.4 Å². The minimum Gasteiger partial charge on any atom is -0.468 e. The summed E-state index contributed by atoms with van der Waals surface area (Å²) in [5, 5.41) is 8.48. The van der Waals surface area contributed by atoms with E-state index in [9.17, 15) is 4.79 Å². The average Bonchev–Trinajstić information content (AvgIpc) is 2.87. The Morgan fingerprint density at radius 2 is 2.21 bits per heavy atom. The molecule has 102 valence electrons. The summed E-state index contributed by atoms with van der Waals surface area (Å²) in [5.41, 5.74) is 0.382. The molecule has 5 heteroatoms. The first-order chi connectivity index (χ1) is 9.10. The SMILES string of the molecule is CNC(C)(CCn1ncc2ccccc21)C(=O)OC. The zero-order valence-electron chi connectivity index (χ0n) is 11.5. The summed E-state index contributed by atoms with van der Waals surface area (Å²) in [7, 11) is 3.17. The van der Waals surface area contributed by atoms with Crippen molar-refractivity contribution in [1.29, 1.82) is 0 Å². The number of nitrogens with zero attached hydrogens (tertiary/aromatic N) is 2. The Kier molecular flexibility index (Phi) is 3.85. The molecule has 1 aromatic carbocycles. The number of aromatic nitrogens is 2. The van der Waals surface area contributed by atoms with Gasteiger partial charge in [0, 0.05) is 11.9 Å². The molecule has 2 rings (SSSR count). The van der Waals surface area contributed by atoms with Crippen molar-refractivity contribution in [2.24, 2.45) is 0 Å². The molecule has 1 atom stereocenters. The highest BCUT2D eigenvalue weighted by Crippen LogP contribution is 2.17. The third-order valence-corrected chi connectivity index (χ3v) is 3.56. The number of benzene rings is 1. The molecule has 5 nitrogen and oxygen atoms in total. The number of likely N-dealkylation sites (N-methyl/N-ethyl adjacent to an activating group) is 1. The van der Waals surface area contributed by atoms with E-state index in [1.54, 1.807) is 7.05 Å². The van der Waals surface area contributed by atoms with Crippen LogP contribution in [0.15, 0.2) is 30.5 Å². The highest BCUT2D eigenvalue weighted by Gasteiger charge is 2.32. The summed E-state index contributed by atoms with van der Waals surface area (Å²) in [6.45, 7) is 2.49. The van der Waals surface area contributed by atoms with Gasteiger partial charge in [-0.1, -0.05) is 18.2 Å². The van der Waals surface area contributed by atoms with Gasteiger partial charge in [-0.3, -0.25) is 9.48 Å². The summed E-state index contributed by atoms with van der Waals surface area (Å²) < 4.78 is 6.74. The molecule has 0 saturated carbocycles. The average molecular weight is 261 g/mol. The van der Waals surface area contributed by atoms with Gasteiger partial charge in [-0.15, -0.1) is 0 Å². The topological polar surface area (TPSA) is 56.2 Å². The van der Waals surface area contributed by atoms with Crippen LogP contribution in [0.4, 0.5) is 0 Å². The third-order valence-electron chi connectivity index (χ3n) is 3.56. The van der Waals surface area contributed by atoms with Gasteiger partial charge in [0.25, 0.3) is 0 Å². The number of fused-ring (bicyclic) bond motifs is 1. The predicted octanol–water partition coefficient (Wildman–Crippen LogP) is 1.58. The lowest BCUT2D eigenvalue weighted by Crippen LogP contribution is -2.49. The summed E-state index contributed by atoms with van der Waals surface area (Å²) in [6, 6.07) is 8.02. The van der Waals surface area contributed by atoms with Crippen LogP contribution in [0.3, 0.4) is 0 Å². The van der Waals surface area contributed by atoms with Gasteiger partial charge < -0.3 is 10.1 Å². The van der Waals surface area contributed by atoms with Crippen LogP contribution in [-0.2, 0) is 16.1 Å². The third kappa shape index (κ3) is 2.61. The van der Waals surface area contributed by atoms with Crippen LogP contribution < -0.4 is 5.32 Å². The Morgan fingerprint density at radius 1 is 1.47 bits per heavy atom. The summed E-state index contributed by atoms with van der Waals surface area (Å²) in [6.07, 6.45) is 2.45. The van der Waals surface area contributed by atoms with Crippen molar-refractivity contribution in [3.05, 3.63) is 30.5 Å². The Labute approximate surface area is 112 Å². The summed E-state index contributed by atoms with van der Waals surface area (Å²) in [5.74, 6) is -0.258. The highest BCUT2D eigenvalue weighted by molar-refractivity contribution is 5.80. The molecule has 0 aliphatic heterocycles. The number of carbonyl (C=O) groups is 1. The fraction of sp³-hybridized carbons (Fsp3) is 0.429. The van der Waals surface area contributed by atoms with Gasteiger partial charge in [0.15, 0.2) is 0 Å². The molecule has 1 aromatic heterocycles. The fourth-order valence-corrected chi connectivity index (χ4v) is 2.09. The van der Waals surface area contributed by atoms with Crippen LogP contribution >= 0.6 is 0 Å². The molecular weight excluding hydrogens is 242 g/mol. The van der Waals surface area contributed by atoms with Gasteiger partial charge in [0.1, 0.15) is 5.54 Å². The zero-order valence-corrected chi connectivity index (χ0v) is 11.5. The minimum absolute atomic E-state index is 0.258. The first-order valence-electron chi connectivity index (χ1n) is 6.28. The van der Waals surface area contributed by atoms with Crippen LogP contribution in [0, 0.1) is 0 Å². The van der Waals surface area contributed by atoms with Crippen molar-refractivity contribution < 1.29 is 9.53 Å². The second kappa shape index (κ2) is 5.40. The highest BCUT2D eigenvalue weighted by atomic mass is 16.5. The molecule has 1 unspecified atom stereocenters. The van der Waals surface area contributed by atoms with Gasteiger partial charge in [-0.2, -0.15) is 5.10 Å². The summed E-state index contributed by atoms with van der Waals surface area (Å²) >= 11 is 0. The molecule has 0 amide bonds. The fourth-order valence-electron chi connectivity index (χ4n) is 2.09. The monoisotopic (exact) mass is 261 g/mol. The quantitative estimate of drug-likeness (QED) is 0.830. The number of para-hydroxylation sites is 1. The maximum Gasteiger partial charge on any atom is 0.325 e. The summed E-state index contributed by atoms with van der Waals surface area (Å²) in [4.78, 5) is 11.8. The molecule has 1 heterocycles. The van der Waals surface area contributed by atoms with E-state index in [1.807, 2.05) is 42.1 Å². The predicted molar refractivity (Wildman–Crippen MR) is 73.8 cm³/mol. The Balaban J connectivity index is 2.15. The van der Waals surface area contributed by atoms with Crippen molar-refractivity contribution in [2.45, 2.75) is 25.4 Å². The van der Waals surface area contributed by atoms with E-state index >= 15 is 0 Å². The number of carbonyl (C=O) groups excluding carboxylic acids is 1. The number of aryl methyl sites for hydroxylation is 1. The maximum atomic E-state index is 11.8. The number of nitrogens with one attached hydrogen (secondary N) is 1. The molecular formula is C14H19N3O2. The zero-order chi connectivity index (χ0) is 13.9. The van der Waals surface area contributed by atoms with Crippen LogP contribution in [0.2, 0.25) is 0 Å². The molecule has 1 N–H and O–H groups in total. The second-order valence-corrected chi connectivity index (χ2v) is 4.75. The van der Waals surface area contributed by atoms with Crippen molar-refractivity contribution in [3.8, 4) is 0 Å². The maximum absolute atomic E-state index is 11.8. The number of hydrogen-bond acceptors (Lipinski definition) is 4. The number of rotatable bonds is 5. The second-order valence-electron chi connectivity index (χ2n) is 4.75. The lowest BCUT2D eigenvalue weighted by atomic mass is 9.98. The van der Waals surface area contributed by atoms with Crippen LogP contribution in [0.25, 0.3) is 10.9 Å². The first kappa shape index (κ1) is 13.5. The molecule has 0 aliphatic rings. The van der Waals surface area contributed by atoms with Crippen molar-refractivity contribution in [2.75, 3.05) is 14.2 Å². The number of ether oxygens (including phenoxy) is 1. The van der Waals surface area contributed by atoms with Crippen molar-refractivity contribution >= 4 is 16.9 Å². The van der Waals surface area contributed by atoms with Crippen LogP contribution in [-0.4, -0.2) is 35.4 Å². The van der Waals surface area contributed by atoms with Crippen LogP contribution in [0.1, 0.15) is 13.3 Å². The van der Waals surface area contributed by atoms with Gasteiger partial charge >= 0.3 is 5.97 Å². The van der Waals surface area contributed by atoms with Gasteiger partial charge in [-0.25, -0.2) is 0 Å². The molecule has 0 spiro atoms. The van der Waals surface area contributed by atoms with Gasteiger partial charge in [0.2, 0.25) is 0 Å². The van der Waals surface area contributed by atoms with E-state index in [0.29, 0.717) is 13.0 Å². The molecule has 2 aromatic rings. The lowest BCUT2D eigenvalue weighted by Gasteiger charge is -2.26. The minimum atomic E-state index is -0.693. The van der Waals surface area contributed by atoms with E-state index in [4.69, 9.17) is 4.74 Å². The van der Waals surface area contributed by atoms with Crippen molar-refractivity contribution in [1.82, 2.24) is 15.1 Å². The van der Waals surface area contributed by atoms with Gasteiger partial charge in [-0.05, 0) is 26.5 Å². The molecule has 0 saturated heterocycles. The normalized spacial score (nSPS) is 14.3. The lowest BCUT2D eigenvalue weighted by molar-refractivity contribution is -0.148. The number of esters is 1. The smallest absolute Gasteiger partial charge is 0.325 e. The standard InChI is InChI=1S/C14H19N3O2/c1-14(15-2,13(18)19-3)8-9-17-12-7-5-4-6-11(12)10-16-17/h4-7,10,15H,8-9H2,1-3H3. The first-order valence-corrected chi connectivity index (χ1v) is 6.28. The molecule has 0 bridgehead atoms. The molecule has 0 fully saturated rings. The Bertz CT molecular complexity index is 579. The molecule has 0 aliphatic carbocycles. The van der Waals surface area contributed by atoms with Gasteiger partial charge in [0.05, 0.1) is 18.8 Å². The van der Waals surface area contributed by atoms with E-state index in [-0.39, 0.29) is 5.97 Å². The van der Waals surface area contributed by atoms with E-state index in [1.165, 1.54) is 7.11 Å². The number of hydrogen-bond donors (Lipinski definition) is 1.